The molecule has 0 atom stereocenters. The van der Waals surface area contributed by atoms with Crippen molar-refractivity contribution in [2.45, 2.75) is 52.4 Å². The Morgan fingerprint density at radius 3 is 1.19 bits per heavy atom. The van der Waals surface area contributed by atoms with Gasteiger partial charge < -0.3 is 19.7 Å². The van der Waals surface area contributed by atoms with E-state index in [2.05, 4.69) is 10.6 Å². The molecule has 0 aromatic carbocycles. The third-order valence-electron chi connectivity index (χ3n) is 2.89. The van der Waals surface area contributed by atoms with Crippen molar-refractivity contribution in [3.63, 3.8) is 0 Å². The third kappa shape index (κ3) is 37.1. The molecule has 0 aliphatic carbocycles. The molecule has 0 rings (SSSR count). The van der Waals surface area contributed by atoms with E-state index in [-0.39, 0.29) is 46.4 Å². The molecule has 0 fully saturated rings. The first kappa shape index (κ1) is 31.2. The quantitative estimate of drug-likeness (QED) is 0.227. The average Bonchev–Trinajstić information content (AvgIpc) is 2.44. The number of unbranched alkanes of at least 4 members (excludes halogenated alkanes) is 4. The van der Waals surface area contributed by atoms with E-state index in [1.165, 1.54) is 13.8 Å². The summed E-state index contributed by atoms with van der Waals surface area (Å²) in [4.78, 5) is 20.8. The van der Waals surface area contributed by atoms with Crippen LogP contribution in [0.1, 0.15) is 52.4 Å². The summed E-state index contributed by atoms with van der Waals surface area (Å²) in [7, 11) is -8.13. The molecule has 0 aliphatic rings. The molecular formula is C14H28MgN2O8S2. The van der Waals surface area contributed by atoms with Gasteiger partial charge in [0, 0.05) is 38.4 Å². The largest absolute Gasteiger partial charge is 2.00 e. The molecule has 0 heterocycles. The van der Waals surface area contributed by atoms with Crippen molar-refractivity contribution in [2.24, 2.45) is 0 Å². The molecule has 2 amide bonds. The smallest absolute Gasteiger partial charge is 0.748 e. The fourth-order valence-electron chi connectivity index (χ4n) is 1.69. The van der Waals surface area contributed by atoms with Crippen molar-refractivity contribution >= 4 is 55.1 Å². The van der Waals surface area contributed by atoms with Gasteiger partial charge in [0.25, 0.3) is 0 Å². The SMILES string of the molecule is CC(=O)NCCCCCS(=O)(=O)[O-].CC(=O)NCCCCCS(=O)(=O)[O-].[Mg+2]. The Labute approximate surface area is 177 Å². The van der Waals surface area contributed by atoms with Gasteiger partial charge >= 0.3 is 23.1 Å². The summed E-state index contributed by atoms with van der Waals surface area (Å²) >= 11 is 0. The molecule has 13 heteroatoms. The van der Waals surface area contributed by atoms with Crippen molar-refractivity contribution in [2.75, 3.05) is 24.6 Å². The van der Waals surface area contributed by atoms with Crippen LogP contribution in [0.4, 0.5) is 0 Å². The molecule has 0 unspecified atom stereocenters. The maximum Gasteiger partial charge on any atom is 2.00 e. The van der Waals surface area contributed by atoms with Crippen LogP contribution < -0.4 is 10.6 Å². The molecule has 0 aliphatic heterocycles. The second kappa shape index (κ2) is 17.6. The zero-order valence-electron chi connectivity index (χ0n) is 15.9. The van der Waals surface area contributed by atoms with Crippen molar-refractivity contribution in [1.29, 1.82) is 0 Å². The van der Waals surface area contributed by atoms with Crippen LogP contribution in [0.15, 0.2) is 0 Å². The van der Waals surface area contributed by atoms with Gasteiger partial charge in [-0.3, -0.25) is 9.59 Å². The molecular weight excluding hydrogens is 413 g/mol. The van der Waals surface area contributed by atoms with Crippen LogP contribution in [-0.2, 0) is 29.8 Å². The number of amides is 2. The van der Waals surface area contributed by atoms with Crippen molar-refractivity contribution in [3.05, 3.63) is 0 Å². The van der Waals surface area contributed by atoms with E-state index in [9.17, 15) is 35.5 Å². The van der Waals surface area contributed by atoms with Gasteiger partial charge in [0.05, 0.1) is 20.2 Å². The third-order valence-corrected chi connectivity index (χ3v) is 4.47. The molecule has 0 bridgehead atoms. The predicted molar refractivity (Wildman–Crippen MR) is 100.0 cm³/mol. The van der Waals surface area contributed by atoms with E-state index < -0.39 is 20.2 Å². The number of carbonyl (C=O) groups is 2. The normalized spacial score (nSPS) is 10.8. The van der Waals surface area contributed by atoms with Gasteiger partial charge in [0.1, 0.15) is 0 Å². The van der Waals surface area contributed by atoms with Gasteiger partial charge in [-0.1, -0.05) is 12.8 Å². The van der Waals surface area contributed by atoms with Gasteiger partial charge in [-0.15, -0.1) is 0 Å². The number of carbonyl (C=O) groups excluding carboxylic acids is 2. The molecule has 0 aromatic rings. The fourth-order valence-corrected chi connectivity index (χ4v) is 2.81. The molecule has 0 saturated heterocycles. The second-order valence-electron chi connectivity index (χ2n) is 5.61. The Bertz CT molecular complexity index is 555. The first-order valence-corrected chi connectivity index (χ1v) is 11.3. The maximum absolute atomic E-state index is 10.4. The first-order chi connectivity index (χ1) is 11.8. The van der Waals surface area contributed by atoms with Crippen molar-refractivity contribution in [3.8, 4) is 0 Å². The Kier molecular flexibility index (Phi) is 20.4. The summed E-state index contributed by atoms with van der Waals surface area (Å²) < 4.78 is 60.9. The summed E-state index contributed by atoms with van der Waals surface area (Å²) in [5.74, 6) is -0.826. The topological polar surface area (TPSA) is 173 Å². The summed E-state index contributed by atoms with van der Waals surface area (Å²) in [6, 6.07) is 0. The number of nitrogens with one attached hydrogen (secondary N) is 2. The summed E-state index contributed by atoms with van der Waals surface area (Å²) in [6.45, 7) is 3.91. The van der Waals surface area contributed by atoms with Gasteiger partial charge in [-0.25, -0.2) is 16.8 Å². The number of rotatable bonds is 12. The zero-order valence-corrected chi connectivity index (χ0v) is 18.9. The average molecular weight is 441 g/mol. The summed E-state index contributed by atoms with van der Waals surface area (Å²) in [5, 5.41) is 5.15. The van der Waals surface area contributed by atoms with Crippen LogP contribution in [0.5, 0.6) is 0 Å². The Morgan fingerprint density at radius 2 is 0.963 bits per heavy atom. The standard InChI is InChI=1S/2C7H15NO4S.Mg/c2*1-7(9)8-5-3-2-4-6-13(10,11)12;/h2*2-6H2,1H3,(H,8,9)(H,10,11,12);/q;;+2/p-2. The van der Waals surface area contributed by atoms with E-state index in [0.717, 1.165) is 0 Å². The van der Waals surface area contributed by atoms with Crippen LogP contribution in [0, 0.1) is 0 Å². The van der Waals surface area contributed by atoms with Crippen LogP contribution >= 0.6 is 0 Å². The minimum Gasteiger partial charge on any atom is -0.748 e. The molecule has 27 heavy (non-hydrogen) atoms. The van der Waals surface area contributed by atoms with Gasteiger partial charge in [0.15, 0.2) is 0 Å². The first-order valence-electron chi connectivity index (χ1n) is 8.19. The second-order valence-corrected chi connectivity index (χ2v) is 8.66. The van der Waals surface area contributed by atoms with Crippen LogP contribution in [0.3, 0.4) is 0 Å². The Morgan fingerprint density at radius 1 is 0.667 bits per heavy atom. The summed E-state index contributed by atoms with van der Waals surface area (Å²) in [6.07, 6.45) is 3.42. The van der Waals surface area contributed by atoms with E-state index in [1.807, 2.05) is 0 Å². The van der Waals surface area contributed by atoms with E-state index in [1.54, 1.807) is 0 Å². The molecule has 10 nitrogen and oxygen atoms in total. The van der Waals surface area contributed by atoms with Crippen LogP contribution in [0.25, 0.3) is 0 Å². The van der Waals surface area contributed by atoms with Crippen LogP contribution in [0.2, 0.25) is 0 Å². The van der Waals surface area contributed by atoms with E-state index in [0.29, 0.717) is 51.6 Å². The van der Waals surface area contributed by atoms with Crippen molar-refractivity contribution < 1.29 is 35.5 Å². The molecule has 0 spiro atoms. The maximum atomic E-state index is 10.4. The Hall–Kier alpha value is -0.474. The van der Waals surface area contributed by atoms with Crippen molar-refractivity contribution in [1.82, 2.24) is 10.6 Å². The number of hydrogen-bond donors (Lipinski definition) is 2. The van der Waals surface area contributed by atoms with Gasteiger partial charge in [-0.2, -0.15) is 0 Å². The van der Waals surface area contributed by atoms with E-state index in [4.69, 9.17) is 0 Å². The molecule has 156 valence electrons. The zero-order chi connectivity index (χ0) is 20.6. The minimum atomic E-state index is -4.06. The minimum absolute atomic E-state index is 0. The number of hydrogen-bond acceptors (Lipinski definition) is 8. The molecule has 0 aromatic heterocycles. The Balaban J connectivity index is -0.000000411. The summed E-state index contributed by atoms with van der Waals surface area (Å²) in [5.41, 5.74) is 0. The van der Waals surface area contributed by atoms with Gasteiger partial charge in [0.2, 0.25) is 11.8 Å². The van der Waals surface area contributed by atoms with Crippen LogP contribution in [-0.4, -0.2) is 85.4 Å². The molecule has 0 saturated carbocycles. The molecule has 0 radical (unpaired) electrons. The monoisotopic (exact) mass is 440 g/mol. The predicted octanol–water partition coefficient (Wildman–Crippen LogP) is -0.705. The van der Waals surface area contributed by atoms with E-state index >= 15 is 0 Å². The van der Waals surface area contributed by atoms with Gasteiger partial charge in [-0.05, 0) is 25.7 Å². The molecule has 2 N–H and O–H groups in total. The fraction of sp³-hybridized carbons (Fsp3) is 0.857.